The lowest BCUT2D eigenvalue weighted by molar-refractivity contribution is 0.108. The second-order valence-corrected chi connectivity index (χ2v) is 4.33. The molecule has 0 aliphatic rings. The summed E-state index contributed by atoms with van der Waals surface area (Å²) in [6.45, 7) is 0.132. The highest BCUT2D eigenvalue weighted by atomic mass is 35.5. The van der Waals surface area contributed by atoms with Crippen LogP contribution in [-0.2, 0) is 0 Å². The zero-order valence-corrected chi connectivity index (χ0v) is 10.5. The van der Waals surface area contributed by atoms with Gasteiger partial charge in [-0.2, -0.15) is 0 Å². The Kier molecular flexibility index (Phi) is 4.07. The van der Waals surface area contributed by atoms with Crippen LogP contribution in [0.25, 0.3) is 0 Å². The van der Waals surface area contributed by atoms with Crippen LogP contribution in [-0.4, -0.2) is 11.7 Å². The van der Waals surface area contributed by atoms with E-state index < -0.39 is 6.10 Å². The number of benzene rings is 2. The molecule has 0 amide bonds. The van der Waals surface area contributed by atoms with Crippen molar-refractivity contribution < 1.29 is 9.84 Å². The molecule has 0 spiro atoms. The second kappa shape index (κ2) is 5.76. The molecule has 1 unspecified atom stereocenters. The fourth-order valence-corrected chi connectivity index (χ4v) is 1.78. The third-order valence-corrected chi connectivity index (χ3v) is 2.84. The summed E-state index contributed by atoms with van der Waals surface area (Å²) >= 11 is 5.95. The molecule has 0 fully saturated rings. The van der Waals surface area contributed by atoms with Crippen molar-refractivity contribution in [2.24, 2.45) is 0 Å². The predicted molar refractivity (Wildman–Crippen MR) is 72.8 cm³/mol. The van der Waals surface area contributed by atoms with Crippen molar-refractivity contribution in [2.45, 2.75) is 6.10 Å². The van der Waals surface area contributed by atoms with Crippen LogP contribution in [0.5, 0.6) is 5.75 Å². The van der Waals surface area contributed by atoms with Gasteiger partial charge in [0.05, 0.1) is 5.02 Å². The maximum Gasteiger partial charge on any atom is 0.138 e. The van der Waals surface area contributed by atoms with E-state index in [0.29, 0.717) is 16.5 Å². The Morgan fingerprint density at radius 3 is 2.67 bits per heavy atom. The highest BCUT2D eigenvalue weighted by molar-refractivity contribution is 6.32. The fourth-order valence-electron chi connectivity index (χ4n) is 1.59. The van der Waals surface area contributed by atoms with Crippen LogP contribution in [0.4, 0.5) is 5.69 Å². The van der Waals surface area contributed by atoms with E-state index in [1.165, 1.54) is 0 Å². The van der Waals surface area contributed by atoms with Gasteiger partial charge in [0.1, 0.15) is 18.5 Å². The van der Waals surface area contributed by atoms with Crippen molar-refractivity contribution in [3.05, 3.63) is 59.1 Å². The normalized spacial score (nSPS) is 12.1. The van der Waals surface area contributed by atoms with Gasteiger partial charge in [0.25, 0.3) is 0 Å². The molecule has 0 heterocycles. The molecule has 18 heavy (non-hydrogen) atoms. The molecule has 1 atom stereocenters. The van der Waals surface area contributed by atoms with E-state index >= 15 is 0 Å². The monoisotopic (exact) mass is 263 g/mol. The first-order valence-corrected chi connectivity index (χ1v) is 5.95. The fraction of sp³-hybridized carbons (Fsp3) is 0.143. The Balaban J connectivity index is 2.00. The number of anilines is 1. The average Bonchev–Trinajstić information content (AvgIpc) is 2.37. The highest BCUT2D eigenvalue weighted by Crippen LogP contribution is 2.25. The summed E-state index contributed by atoms with van der Waals surface area (Å²) in [5, 5.41) is 10.5. The molecule has 0 bridgehead atoms. The van der Waals surface area contributed by atoms with Crippen LogP contribution < -0.4 is 10.5 Å². The summed E-state index contributed by atoms with van der Waals surface area (Å²) in [5.74, 6) is 0.558. The topological polar surface area (TPSA) is 55.5 Å². The molecule has 0 radical (unpaired) electrons. The van der Waals surface area contributed by atoms with Crippen LogP contribution in [0.15, 0.2) is 48.5 Å². The summed E-state index contributed by atoms with van der Waals surface area (Å²) in [4.78, 5) is 0. The van der Waals surface area contributed by atoms with E-state index in [1.807, 2.05) is 12.1 Å². The van der Waals surface area contributed by atoms with E-state index in [1.54, 1.807) is 36.4 Å². The maximum atomic E-state index is 9.97. The van der Waals surface area contributed by atoms with Crippen molar-refractivity contribution in [3.8, 4) is 5.75 Å². The largest absolute Gasteiger partial charge is 0.489 e. The van der Waals surface area contributed by atoms with E-state index in [9.17, 15) is 5.11 Å². The quantitative estimate of drug-likeness (QED) is 0.834. The van der Waals surface area contributed by atoms with Crippen LogP contribution in [0.2, 0.25) is 5.02 Å². The lowest BCUT2D eigenvalue weighted by Crippen LogP contribution is -2.10. The van der Waals surface area contributed by atoms with Crippen LogP contribution in [0, 0.1) is 0 Å². The summed E-state index contributed by atoms with van der Waals surface area (Å²) < 4.78 is 5.47. The van der Waals surface area contributed by atoms with Crippen molar-refractivity contribution in [1.29, 1.82) is 0 Å². The van der Waals surface area contributed by atoms with Gasteiger partial charge in [0.2, 0.25) is 0 Å². The lowest BCUT2D eigenvalue weighted by atomic mass is 10.1. The third-order valence-electron chi connectivity index (χ3n) is 2.53. The zero-order valence-electron chi connectivity index (χ0n) is 9.71. The SMILES string of the molecule is Nc1cccc(C(O)COc2ccccc2Cl)c1. The second-order valence-electron chi connectivity index (χ2n) is 3.93. The lowest BCUT2D eigenvalue weighted by Gasteiger charge is -2.13. The first-order valence-electron chi connectivity index (χ1n) is 5.57. The first-order chi connectivity index (χ1) is 8.66. The van der Waals surface area contributed by atoms with Crippen LogP contribution in [0.3, 0.4) is 0 Å². The van der Waals surface area contributed by atoms with Crippen LogP contribution in [0.1, 0.15) is 11.7 Å². The molecule has 3 N–H and O–H groups in total. The Morgan fingerprint density at radius 2 is 1.94 bits per heavy atom. The van der Waals surface area contributed by atoms with Gasteiger partial charge in [0.15, 0.2) is 0 Å². The summed E-state index contributed by atoms with van der Waals surface area (Å²) in [7, 11) is 0. The highest BCUT2D eigenvalue weighted by Gasteiger charge is 2.09. The van der Waals surface area contributed by atoms with Gasteiger partial charge in [-0.25, -0.2) is 0 Å². The smallest absolute Gasteiger partial charge is 0.138 e. The number of aliphatic hydroxyl groups is 1. The molecule has 2 aromatic carbocycles. The van der Waals surface area contributed by atoms with Gasteiger partial charge in [0, 0.05) is 5.69 Å². The van der Waals surface area contributed by atoms with E-state index in [2.05, 4.69) is 0 Å². The van der Waals surface area contributed by atoms with Gasteiger partial charge >= 0.3 is 0 Å². The molecule has 0 saturated carbocycles. The number of hydrogen-bond acceptors (Lipinski definition) is 3. The zero-order chi connectivity index (χ0) is 13.0. The molecule has 0 aliphatic heterocycles. The Bertz CT molecular complexity index is 531. The molecule has 0 saturated heterocycles. The average molecular weight is 264 g/mol. The maximum absolute atomic E-state index is 9.97. The molecule has 4 heteroatoms. The predicted octanol–water partition coefficient (Wildman–Crippen LogP) is 3.03. The number of rotatable bonds is 4. The number of hydrogen-bond donors (Lipinski definition) is 2. The molecule has 2 rings (SSSR count). The summed E-state index contributed by atoms with van der Waals surface area (Å²) in [5.41, 5.74) is 6.99. The summed E-state index contributed by atoms with van der Waals surface area (Å²) in [6.07, 6.45) is -0.732. The minimum atomic E-state index is -0.732. The van der Waals surface area contributed by atoms with Crippen molar-refractivity contribution in [3.63, 3.8) is 0 Å². The minimum absolute atomic E-state index is 0.132. The number of nitrogens with two attached hydrogens (primary N) is 1. The van der Waals surface area contributed by atoms with Gasteiger partial charge in [-0.15, -0.1) is 0 Å². The minimum Gasteiger partial charge on any atom is -0.489 e. The van der Waals surface area contributed by atoms with Crippen molar-refractivity contribution in [1.82, 2.24) is 0 Å². The van der Waals surface area contributed by atoms with Gasteiger partial charge in [-0.05, 0) is 29.8 Å². The van der Waals surface area contributed by atoms with Crippen molar-refractivity contribution in [2.75, 3.05) is 12.3 Å². The number of nitrogen functional groups attached to an aromatic ring is 1. The number of ether oxygens (including phenoxy) is 1. The standard InChI is InChI=1S/C14H14ClNO2/c15-12-6-1-2-7-14(12)18-9-13(17)10-4-3-5-11(16)8-10/h1-8,13,17H,9,16H2. The molecular weight excluding hydrogens is 250 g/mol. The molecule has 0 aromatic heterocycles. The Morgan fingerprint density at radius 1 is 1.17 bits per heavy atom. The molecule has 3 nitrogen and oxygen atoms in total. The van der Waals surface area contributed by atoms with E-state index in [4.69, 9.17) is 22.1 Å². The van der Waals surface area contributed by atoms with Gasteiger partial charge in [-0.1, -0.05) is 35.9 Å². The van der Waals surface area contributed by atoms with Gasteiger partial charge in [-0.3, -0.25) is 0 Å². The van der Waals surface area contributed by atoms with E-state index in [-0.39, 0.29) is 6.61 Å². The number of halogens is 1. The van der Waals surface area contributed by atoms with Gasteiger partial charge < -0.3 is 15.6 Å². The Hall–Kier alpha value is -1.71. The summed E-state index contributed by atoms with van der Waals surface area (Å²) in [6, 6.07) is 14.2. The third kappa shape index (κ3) is 3.15. The molecule has 2 aromatic rings. The molecule has 0 aliphatic carbocycles. The van der Waals surface area contributed by atoms with Crippen molar-refractivity contribution >= 4 is 17.3 Å². The number of aliphatic hydroxyl groups excluding tert-OH is 1. The Labute approximate surface area is 111 Å². The molecule has 94 valence electrons. The number of para-hydroxylation sites is 1. The first kappa shape index (κ1) is 12.7. The molecular formula is C14H14ClNO2. The van der Waals surface area contributed by atoms with E-state index in [0.717, 1.165) is 5.56 Å². The van der Waals surface area contributed by atoms with Crippen LogP contribution >= 0.6 is 11.6 Å².